The first kappa shape index (κ1) is 18.0. The Kier molecular flexibility index (Phi) is 5.99. The maximum atomic E-state index is 12.5. The molecule has 0 aliphatic heterocycles. The topological polar surface area (TPSA) is 40.6 Å². The molecule has 2 aromatic carbocycles. The van der Waals surface area contributed by atoms with Crippen LogP contribution in [0.15, 0.2) is 48.5 Å². The van der Waals surface area contributed by atoms with Gasteiger partial charge in [0.05, 0.1) is 0 Å². The molecule has 0 bridgehead atoms. The number of rotatable bonds is 5. The van der Waals surface area contributed by atoms with Crippen molar-refractivity contribution in [3.63, 3.8) is 0 Å². The van der Waals surface area contributed by atoms with Crippen LogP contribution in [0.25, 0.3) is 0 Å². The number of hydrogen-bond donors (Lipinski definition) is 0. The third kappa shape index (κ3) is 4.59. The molecule has 0 aromatic heterocycles. The molecule has 0 atom stereocenters. The minimum Gasteiger partial charge on any atom is -0.340 e. The number of halogens is 1. The lowest BCUT2D eigenvalue weighted by Crippen LogP contribution is -2.40. The molecule has 0 saturated heterocycles. The van der Waals surface area contributed by atoms with Gasteiger partial charge in [0.2, 0.25) is 11.8 Å². The van der Waals surface area contributed by atoms with E-state index in [2.05, 4.69) is 0 Å². The first-order valence-electron chi connectivity index (χ1n) is 7.70. The van der Waals surface area contributed by atoms with E-state index in [1.54, 1.807) is 30.1 Å². The molecule has 5 heteroatoms. The summed E-state index contributed by atoms with van der Waals surface area (Å²) >= 11 is 5.97. The number of nitrogens with zero attached hydrogens (tertiary/aromatic N) is 2. The van der Waals surface area contributed by atoms with E-state index in [-0.39, 0.29) is 18.4 Å². The number of carbonyl (C=O) groups excluding carboxylic acids is 2. The van der Waals surface area contributed by atoms with Crippen LogP contribution in [0.3, 0.4) is 0 Å². The van der Waals surface area contributed by atoms with Crippen LogP contribution >= 0.6 is 11.6 Å². The lowest BCUT2D eigenvalue weighted by molar-refractivity contribution is -0.130. The fraction of sp³-hybridized carbons (Fsp3) is 0.263. The van der Waals surface area contributed by atoms with Crippen molar-refractivity contribution in [2.75, 3.05) is 18.5 Å². The van der Waals surface area contributed by atoms with E-state index in [4.69, 9.17) is 11.6 Å². The van der Waals surface area contributed by atoms with E-state index in [0.29, 0.717) is 17.3 Å². The second kappa shape index (κ2) is 7.97. The van der Waals surface area contributed by atoms with E-state index in [9.17, 15) is 9.59 Å². The van der Waals surface area contributed by atoms with Crippen molar-refractivity contribution in [2.24, 2.45) is 0 Å². The Balaban J connectivity index is 2.12. The Hall–Kier alpha value is -2.33. The van der Waals surface area contributed by atoms with Crippen LogP contribution in [-0.4, -0.2) is 30.3 Å². The highest BCUT2D eigenvalue weighted by Crippen LogP contribution is 2.24. The van der Waals surface area contributed by atoms with Crippen LogP contribution < -0.4 is 4.90 Å². The summed E-state index contributed by atoms with van der Waals surface area (Å²) in [5.74, 6) is -0.301. The van der Waals surface area contributed by atoms with Gasteiger partial charge in [0, 0.05) is 31.2 Å². The van der Waals surface area contributed by atoms with Gasteiger partial charge in [-0.15, -0.1) is 0 Å². The summed E-state index contributed by atoms with van der Waals surface area (Å²) in [6.45, 7) is 3.83. The SMILES string of the molecule is CC(=O)N(CC(=O)N(C)Cc1ccccc1)c1ccc(Cl)cc1C. The molecule has 126 valence electrons. The Labute approximate surface area is 147 Å². The molecule has 2 rings (SSSR count). The predicted molar refractivity (Wildman–Crippen MR) is 97.1 cm³/mol. The second-order valence-corrected chi connectivity index (χ2v) is 6.21. The average Bonchev–Trinajstić information content (AvgIpc) is 2.53. The molecule has 0 unspecified atom stereocenters. The third-order valence-electron chi connectivity index (χ3n) is 3.81. The van der Waals surface area contributed by atoms with Gasteiger partial charge in [0.15, 0.2) is 0 Å². The maximum Gasteiger partial charge on any atom is 0.242 e. The molecule has 0 aliphatic carbocycles. The maximum absolute atomic E-state index is 12.5. The molecule has 2 aromatic rings. The molecule has 0 radical (unpaired) electrons. The van der Waals surface area contributed by atoms with Crippen molar-refractivity contribution >= 4 is 29.1 Å². The first-order valence-corrected chi connectivity index (χ1v) is 8.08. The van der Waals surface area contributed by atoms with Gasteiger partial charge in [-0.25, -0.2) is 0 Å². The van der Waals surface area contributed by atoms with Crippen molar-refractivity contribution in [3.05, 3.63) is 64.7 Å². The summed E-state index contributed by atoms with van der Waals surface area (Å²) < 4.78 is 0. The molecule has 0 heterocycles. The van der Waals surface area contributed by atoms with Crippen LogP contribution in [-0.2, 0) is 16.1 Å². The Morgan fingerprint density at radius 1 is 1.08 bits per heavy atom. The van der Waals surface area contributed by atoms with Gasteiger partial charge < -0.3 is 9.80 Å². The highest BCUT2D eigenvalue weighted by atomic mass is 35.5. The number of carbonyl (C=O) groups is 2. The normalized spacial score (nSPS) is 10.3. The molecule has 0 fully saturated rings. The van der Waals surface area contributed by atoms with Crippen molar-refractivity contribution in [1.29, 1.82) is 0 Å². The zero-order valence-corrected chi connectivity index (χ0v) is 14.9. The lowest BCUT2D eigenvalue weighted by Gasteiger charge is -2.26. The van der Waals surface area contributed by atoms with E-state index in [1.165, 1.54) is 11.8 Å². The van der Waals surface area contributed by atoms with Gasteiger partial charge in [-0.2, -0.15) is 0 Å². The molecule has 24 heavy (non-hydrogen) atoms. The van der Waals surface area contributed by atoms with Gasteiger partial charge in [-0.3, -0.25) is 9.59 Å². The van der Waals surface area contributed by atoms with Crippen molar-refractivity contribution in [2.45, 2.75) is 20.4 Å². The summed E-state index contributed by atoms with van der Waals surface area (Å²) in [4.78, 5) is 27.6. The molecule has 4 nitrogen and oxygen atoms in total. The Bertz CT molecular complexity index is 731. The fourth-order valence-electron chi connectivity index (χ4n) is 2.49. The van der Waals surface area contributed by atoms with Crippen molar-refractivity contribution in [3.8, 4) is 0 Å². The smallest absolute Gasteiger partial charge is 0.242 e. The standard InChI is InChI=1S/C19H21ClN2O2/c1-14-11-17(20)9-10-18(14)22(15(2)23)13-19(24)21(3)12-16-7-5-4-6-8-16/h4-11H,12-13H2,1-3H3. The van der Waals surface area contributed by atoms with Crippen molar-refractivity contribution < 1.29 is 9.59 Å². The number of benzene rings is 2. The number of anilines is 1. The fourth-order valence-corrected chi connectivity index (χ4v) is 2.72. The van der Waals surface area contributed by atoms with Gasteiger partial charge >= 0.3 is 0 Å². The van der Waals surface area contributed by atoms with Gasteiger partial charge in [0.1, 0.15) is 6.54 Å². The summed E-state index contributed by atoms with van der Waals surface area (Å²) in [7, 11) is 1.74. The van der Waals surface area contributed by atoms with Gasteiger partial charge in [0.25, 0.3) is 0 Å². The van der Waals surface area contributed by atoms with Crippen LogP contribution in [0.2, 0.25) is 5.02 Å². The number of hydrogen-bond acceptors (Lipinski definition) is 2. The minimum atomic E-state index is -0.179. The summed E-state index contributed by atoms with van der Waals surface area (Å²) in [6, 6.07) is 15.0. The van der Waals surface area contributed by atoms with E-state index in [1.807, 2.05) is 37.3 Å². The summed E-state index contributed by atoms with van der Waals surface area (Å²) in [6.07, 6.45) is 0. The highest BCUT2D eigenvalue weighted by molar-refractivity contribution is 6.30. The molecule has 0 saturated carbocycles. The quantitative estimate of drug-likeness (QED) is 0.830. The van der Waals surface area contributed by atoms with Gasteiger partial charge in [-0.1, -0.05) is 41.9 Å². The van der Waals surface area contributed by atoms with E-state index >= 15 is 0 Å². The molecule has 0 aliphatic rings. The van der Waals surface area contributed by atoms with E-state index in [0.717, 1.165) is 11.1 Å². The minimum absolute atomic E-state index is 0.00113. The number of likely N-dealkylation sites (N-methyl/N-ethyl adjacent to an activating group) is 1. The Morgan fingerprint density at radius 3 is 2.33 bits per heavy atom. The average molecular weight is 345 g/mol. The van der Waals surface area contributed by atoms with Crippen molar-refractivity contribution in [1.82, 2.24) is 4.90 Å². The number of amides is 2. The monoisotopic (exact) mass is 344 g/mol. The molecular weight excluding hydrogens is 324 g/mol. The number of aryl methyl sites for hydroxylation is 1. The van der Waals surface area contributed by atoms with E-state index < -0.39 is 0 Å². The van der Waals surface area contributed by atoms with Gasteiger partial charge in [-0.05, 0) is 36.2 Å². The van der Waals surface area contributed by atoms with Crippen LogP contribution in [0, 0.1) is 6.92 Å². The molecule has 0 spiro atoms. The first-order chi connectivity index (χ1) is 11.4. The summed E-state index contributed by atoms with van der Waals surface area (Å²) in [5, 5.41) is 0.604. The largest absolute Gasteiger partial charge is 0.340 e. The lowest BCUT2D eigenvalue weighted by atomic mass is 10.1. The molecular formula is C19H21ClN2O2. The van der Waals surface area contributed by atoms with Crippen LogP contribution in [0.4, 0.5) is 5.69 Å². The van der Waals surface area contributed by atoms with Crippen LogP contribution in [0.5, 0.6) is 0 Å². The van der Waals surface area contributed by atoms with Crippen LogP contribution in [0.1, 0.15) is 18.1 Å². The zero-order valence-electron chi connectivity index (χ0n) is 14.1. The summed E-state index contributed by atoms with van der Waals surface area (Å²) in [5.41, 5.74) is 2.61. The zero-order chi connectivity index (χ0) is 17.7. The molecule has 0 N–H and O–H groups in total. The highest BCUT2D eigenvalue weighted by Gasteiger charge is 2.20. The second-order valence-electron chi connectivity index (χ2n) is 5.77. The molecule has 2 amide bonds. The predicted octanol–water partition coefficient (Wildman–Crippen LogP) is 3.66. The third-order valence-corrected chi connectivity index (χ3v) is 4.05. The Morgan fingerprint density at radius 2 is 1.75 bits per heavy atom.